The van der Waals surface area contributed by atoms with Crippen molar-refractivity contribution in [1.29, 1.82) is 0 Å². The van der Waals surface area contributed by atoms with Crippen molar-refractivity contribution < 1.29 is 9.84 Å². The van der Waals surface area contributed by atoms with Gasteiger partial charge >= 0.3 is 0 Å². The summed E-state index contributed by atoms with van der Waals surface area (Å²) in [5.74, 6) is 0. The SMILES string of the molecule is C=Cc1c(NS(=O)(=O)c2cccnc2)cc(Sc2cccc3cccnc23)c(C)c1C=C.[HH]. The zero-order valence-electron chi connectivity index (χ0n) is 17.4. The van der Waals surface area contributed by atoms with E-state index in [4.69, 9.17) is 0 Å². The van der Waals surface area contributed by atoms with Crippen molar-refractivity contribution in [2.45, 2.75) is 21.6 Å². The quantitative estimate of drug-likeness (QED) is 0.344. The van der Waals surface area contributed by atoms with Crippen LogP contribution in [0.5, 0.6) is 0 Å². The number of aromatic nitrogens is 2. The van der Waals surface area contributed by atoms with Crippen LogP contribution in [0.15, 0.2) is 95.0 Å². The molecule has 0 fully saturated rings. The molecule has 32 heavy (non-hydrogen) atoms. The zero-order valence-corrected chi connectivity index (χ0v) is 19.1. The lowest BCUT2D eigenvalue weighted by Crippen LogP contribution is -2.14. The number of fused-ring (bicyclic) bond motifs is 1. The molecule has 2 heterocycles. The number of para-hydroxylation sites is 1. The van der Waals surface area contributed by atoms with Crippen molar-refractivity contribution in [3.63, 3.8) is 0 Å². The molecule has 162 valence electrons. The summed E-state index contributed by atoms with van der Waals surface area (Å²) in [5.41, 5.74) is 3.80. The molecule has 7 heteroatoms. The second-order valence-corrected chi connectivity index (χ2v) is 9.78. The Labute approximate surface area is 193 Å². The maximum absolute atomic E-state index is 13.0. The topological polar surface area (TPSA) is 72.0 Å². The van der Waals surface area contributed by atoms with Crippen molar-refractivity contribution in [3.05, 3.63) is 97.0 Å². The molecule has 1 N–H and O–H groups in total. The molecule has 0 aliphatic carbocycles. The van der Waals surface area contributed by atoms with E-state index in [-0.39, 0.29) is 6.32 Å². The number of sulfonamides is 1. The lowest BCUT2D eigenvalue weighted by Gasteiger charge is -2.18. The number of pyridine rings is 2. The average molecular weight is 462 g/mol. The van der Waals surface area contributed by atoms with E-state index in [0.717, 1.165) is 31.8 Å². The Morgan fingerprint density at radius 1 is 1.00 bits per heavy atom. The zero-order chi connectivity index (χ0) is 22.7. The van der Waals surface area contributed by atoms with Gasteiger partial charge in [-0.2, -0.15) is 0 Å². The van der Waals surface area contributed by atoms with Crippen LogP contribution < -0.4 is 4.72 Å². The molecular formula is C25H23N3O2S2. The van der Waals surface area contributed by atoms with Crippen LogP contribution in [0.3, 0.4) is 0 Å². The lowest BCUT2D eigenvalue weighted by atomic mass is 10.00. The molecule has 0 radical (unpaired) electrons. The van der Waals surface area contributed by atoms with E-state index in [2.05, 4.69) is 27.8 Å². The molecule has 2 aromatic heterocycles. The number of anilines is 1. The minimum Gasteiger partial charge on any atom is -0.279 e. The summed E-state index contributed by atoms with van der Waals surface area (Å²) in [7, 11) is -3.82. The van der Waals surface area contributed by atoms with E-state index in [0.29, 0.717) is 11.3 Å². The highest BCUT2D eigenvalue weighted by Gasteiger charge is 2.20. The van der Waals surface area contributed by atoms with Gasteiger partial charge in [-0.1, -0.05) is 55.3 Å². The van der Waals surface area contributed by atoms with Crippen LogP contribution in [0, 0.1) is 6.92 Å². The van der Waals surface area contributed by atoms with Gasteiger partial charge in [0.15, 0.2) is 0 Å². The Morgan fingerprint density at radius 2 is 1.75 bits per heavy atom. The number of hydrogen-bond donors (Lipinski definition) is 1. The predicted octanol–water partition coefficient (Wildman–Crippen LogP) is 6.42. The van der Waals surface area contributed by atoms with Gasteiger partial charge in [0.2, 0.25) is 0 Å². The molecule has 0 aliphatic rings. The highest BCUT2D eigenvalue weighted by Crippen LogP contribution is 2.40. The number of rotatable bonds is 7. The molecule has 2 aromatic carbocycles. The standard InChI is InChI=1S/C25H21N3O2S2.H2/c1-4-20-17(3)24(31-23-12-6-9-18-10-7-14-27-25(18)23)15-22(21(20)5-2)28-32(29,30)19-11-8-13-26-16-19;/h4-16,28H,1-2H2,3H3;1H. The first kappa shape index (κ1) is 21.8. The number of benzene rings is 2. The van der Waals surface area contributed by atoms with Crippen LogP contribution in [0.1, 0.15) is 18.1 Å². The Bertz CT molecular complexity index is 1430. The normalized spacial score (nSPS) is 11.3. The van der Waals surface area contributed by atoms with Crippen LogP contribution in [0.25, 0.3) is 23.1 Å². The fraction of sp³-hybridized carbons (Fsp3) is 0.0400. The summed E-state index contributed by atoms with van der Waals surface area (Å²) in [6.07, 6.45) is 7.97. The summed E-state index contributed by atoms with van der Waals surface area (Å²) in [5, 5.41) is 1.04. The van der Waals surface area contributed by atoms with E-state index in [1.165, 1.54) is 30.2 Å². The van der Waals surface area contributed by atoms with Gasteiger partial charge in [0.25, 0.3) is 10.0 Å². The molecule has 5 nitrogen and oxygen atoms in total. The molecule has 0 aliphatic heterocycles. The lowest BCUT2D eigenvalue weighted by molar-refractivity contribution is 0.601. The van der Waals surface area contributed by atoms with Crippen LogP contribution in [0.2, 0.25) is 0 Å². The Hall–Kier alpha value is -3.42. The van der Waals surface area contributed by atoms with Crippen molar-refractivity contribution in [2.24, 2.45) is 0 Å². The van der Waals surface area contributed by atoms with E-state index in [9.17, 15) is 8.42 Å². The molecule has 0 bridgehead atoms. The van der Waals surface area contributed by atoms with Crippen LogP contribution in [-0.4, -0.2) is 18.4 Å². The summed E-state index contributed by atoms with van der Waals surface area (Å²) < 4.78 is 28.6. The predicted molar refractivity (Wildman–Crippen MR) is 134 cm³/mol. The second kappa shape index (κ2) is 8.98. The fourth-order valence-corrected chi connectivity index (χ4v) is 5.58. The first-order chi connectivity index (χ1) is 15.4. The van der Waals surface area contributed by atoms with Gasteiger partial charge in [-0.25, -0.2) is 8.42 Å². The average Bonchev–Trinajstić information content (AvgIpc) is 2.81. The van der Waals surface area contributed by atoms with E-state index >= 15 is 0 Å². The maximum Gasteiger partial charge on any atom is 0.263 e. The summed E-state index contributed by atoms with van der Waals surface area (Å²) >= 11 is 1.54. The molecular weight excluding hydrogens is 438 g/mol. The minimum atomic E-state index is -3.82. The van der Waals surface area contributed by atoms with Crippen molar-refractivity contribution in [3.8, 4) is 0 Å². The number of hydrogen-bond acceptors (Lipinski definition) is 5. The van der Waals surface area contributed by atoms with Crippen molar-refractivity contribution in [1.82, 2.24) is 9.97 Å². The first-order valence-electron chi connectivity index (χ1n) is 9.81. The molecule has 0 amide bonds. The summed E-state index contributed by atoms with van der Waals surface area (Å²) in [6.45, 7) is 9.81. The maximum atomic E-state index is 13.0. The third-order valence-corrected chi connectivity index (χ3v) is 7.59. The Kier molecular flexibility index (Phi) is 6.12. The summed E-state index contributed by atoms with van der Waals surface area (Å²) in [6, 6.07) is 14.9. The number of nitrogens with one attached hydrogen (secondary N) is 1. The third-order valence-electron chi connectivity index (χ3n) is 5.04. The summed E-state index contributed by atoms with van der Waals surface area (Å²) in [4.78, 5) is 10.4. The van der Waals surface area contributed by atoms with Crippen LogP contribution in [0.4, 0.5) is 5.69 Å². The van der Waals surface area contributed by atoms with Gasteiger partial charge in [-0.05, 0) is 48.4 Å². The van der Waals surface area contributed by atoms with Gasteiger partial charge in [-0.15, -0.1) is 0 Å². The Balaban J connectivity index is 0.00000306. The Morgan fingerprint density at radius 3 is 2.47 bits per heavy atom. The monoisotopic (exact) mass is 461 g/mol. The molecule has 0 unspecified atom stereocenters. The number of nitrogens with zero attached hydrogens (tertiary/aromatic N) is 2. The molecule has 0 saturated heterocycles. The molecule has 0 spiro atoms. The smallest absolute Gasteiger partial charge is 0.263 e. The van der Waals surface area contributed by atoms with Gasteiger partial charge in [-0.3, -0.25) is 14.7 Å². The fourth-order valence-electron chi connectivity index (χ4n) is 3.46. The van der Waals surface area contributed by atoms with Crippen LogP contribution in [-0.2, 0) is 10.0 Å². The van der Waals surface area contributed by atoms with Gasteiger partial charge in [0, 0.05) is 40.8 Å². The van der Waals surface area contributed by atoms with E-state index in [1.807, 2.05) is 43.3 Å². The molecule has 0 atom stereocenters. The first-order valence-corrected chi connectivity index (χ1v) is 12.1. The second-order valence-electron chi connectivity index (χ2n) is 7.01. The van der Waals surface area contributed by atoms with Crippen molar-refractivity contribution in [2.75, 3.05) is 4.72 Å². The van der Waals surface area contributed by atoms with E-state index in [1.54, 1.807) is 24.4 Å². The highest BCUT2D eigenvalue weighted by atomic mass is 32.2. The molecule has 0 saturated carbocycles. The highest BCUT2D eigenvalue weighted by molar-refractivity contribution is 7.99. The molecule has 4 aromatic rings. The van der Waals surface area contributed by atoms with Crippen molar-refractivity contribution >= 4 is 50.5 Å². The van der Waals surface area contributed by atoms with E-state index < -0.39 is 10.0 Å². The minimum absolute atomic E-state index is 0. The van der Waals surface area contributed by atoms with Crippen LogP contribution >= 0.6 is 11.8 Å². The largest absolute Gasteiger partial charge is 0.279 e. The van der Waals surface area contributed by atoms with Gasteiger partial charge in [0.05, 0.1) is 11.2 Å². The third kappa shape index (κ3) is 4.17. The van der Waals surface area contributed by atoms with Gasteiger partial charge in [0.1, 0.15) is 4.90 Å². The van der Waals surface area contributed by atoms with Gasteiger partial charge < -0.3 is 0 Å². The molecule has 4 rings (SSSR count).